The lowest BCUT2D eigenvalue weighted by Crippen LogP contribution is -2.61. The first-order chi connectivity index (χ1) is 9.24. The molecular formula is C11H19N5O4. The summed E-state index contributed by atoms with van der Waals surface area (Å²) in [5.41, 5.74) is 2.09. The van der Waals surface area contributed by atoms with Gasteiger partial charge in [-0.1, -0.05) is 0 Å². The predicted molar refractivity (Wildman–Crippen MR) is 70.1 cm³/mol. The third kappa shape index (κ3) is 4.45. The van der Waals surface area contributed by atoms with Crippen LogP contribution >= 0.6 is 0 Å². The maximum atomic E-state index is 11.9. The summed E-state index contributed by atoms with van der Waals surface area (Å²) in [6.45, 7) is 7.22. The third-order valence-corrected chi connectivity index (χ3v) is 1.96. The van der Waals surface area contributed by atoms with Crippen LogP contribution in [0, 0.1) is 0 Å². The molecule has 0 aromatic carbocycles. The number of rotatable bonds is 2. The molecule has 0 aromatic heterocycles. The number of nitrogens with zero attached hydrogens (tertiary/aromatic N) is 3. The van der Waals surface area contributed by atoms with Crippen LogP contribution in [-0.2, 0) is 9.57 Å². The number of ether oxygens (including phenoxy) is 1. The van der Waals surface area contributed by atoms with Gasteiger partial charge in [0.25, 0.3) is 0 Å². The van der Waals surface area contributed by atoms with Crippen molar-refractivity contribution in [1.29, 1.82) is 0 Å². The largest absolute Gasteiger partial charge is 0.442 e. The molecule has 1 saturated heterocycles. The van der Waals surface area contributed by atoms with E-state index in [1.54, 1.807) is 27.7 Å². The lowest BCUT2D eigenvalue weighted by atomic mass is 10.2. The van der Waals surface area contributed by atoms with Crippen molar-refractivity contribution >= 4 is 18.0 Å². The minimum absolute atomic E-state index is 0.0225. The molecular weight excluding hydrogens is 266 g/mol. The summed E-state index contributed by atoms with van der Waals surface area (Å²) in [6, 6.07) is -0.735. The molecule has 1 aliphatic rings. The summed E-state index contributed by atoms with van der Waals surface area (Å²) in [5.74, 6) is 8.02. The Morgan fingerprint density at radius 3 is 2.75 bits per heavy atom. The maximum Gasteiger partial charge on any atom is 0.438 e. The standard InChI is InChI=1S/C11H19N5O4/c1-5-19-13-6-8-7-15(12)9(17)16(14-8)10(18)20-11(2,3)4/h14H,5,7,12H2,1-4H3. The molecule has 0 atom stereocenters. The van der Waals surface area contributed by atoms with Gasteiger partial charge in [0.05, 0.1) is 12.4 Å². The van der Waals surface area contributed by atoms with E-state index < -0.39 is 17.7 Å². The number of hydrazine groups is 2. The van der Waals surface area contributed by atoms with E-state index in [-0.39, 0.29) is 6.54 Å². The first-order valence-corrected chi connectivity index (χ1v) is 6.04. The molecule has 0 spiro atoms. The van der Waals surface area contributed by atoms with Gasteiger partial charge >= 0.3 is 12.1 Å². The van der Waals surface area contributed by atoms with Gasteiger partial charge < -0.3 is 9.57 Å². The molecule has 112 valence electrons. The second-order valence-electron chi connectivity index (χ2n) is 4.94. The van der Waals surface area contributed by atoms with Crippen LogP contribution in [0.1, 0.15) is 27.7 Å². The number of hydrogen-bond donors (Lipinski definition) is 2. The Kier molecular flexibility index (Phi) is 4.95. The Hall–Kier alpha value is -2.25. The van der Waals surface area contributed by atoms with E-state index in [0.717, 1.165) is 5.01 Å². The molecule has 20 heavy (non-hydrogen) atoms. The molecule has 1 aliphatic heterocycles. The molecule has 0 bridgehead atoms. The number of carbonyl (C=O) groups excluding carboxylic acids is 2. The number of amides is 3. The number of nitrogens with two attached hydrogens (primary N) is 1. The van der Waals surface area contributed by atoms with Gasteiger partial charge in [0, 0.05) is 0 Å². The van der Waals surface area contributed by atoms with Gasteiger partial charge in [-0.25, -0.2) is 15.4 Å². The highest BCUT2D eigenvalue weighted by Gasteiger charge is 2.34. The van der Waals surface area contributed by atoms with Crippen molar-refractivity contribution in [3.63, 3.8) is 0 Å². The van der Waals surface area contributed by atoms with Crippen LogP contribution in [0.4, 0.5) is 9.59 Å². The van der Waals surface area contributed by atoms with Gasteiger partial charge in [-0.3, -0.25) is 10.4 Å². The molecule has 1 rings (SSSR count). The molecule has 3 amide bonds. The van der Waals surface area contributed by atoms with Gasteiger partial charge in [-0.15, -0.1) is 5.01 Å². The van der Waals surface area contributed by atoms with E-state index in [4.69, 9.17) is 15.4 Å². The molecule has 1 heterocycles. The lowest BCUT2D eigenvalue weighted by molar-refractivity contribution is 0.0173. The average molecular weight is 285 g/mol. The summed E-state index contributed by atoms with van der Waals surface area (Å²) in [6.07, 6.45) is -0.867. The van der Waals surface area contributed by atoms with Crippen LogP contribution in [0.25, 0.3) is 0 Å². The molecule has 0 aliphatic carbocycles. The first kappa shape index (κ1) is 15.8. The highest BCUT2D eigenvalue weighted by atomic mass is 16.6. The van der Waals surface area contributed by atoms with E-state index in [9.17, 15) is 9.59 Å². The second kappa shape index (κ2) is 6.27. The number of nitrogens with one attached hydrogen (secondary N) is 1. The smallest absolute Gasteiger partial charge is 0.438 e. The Bertz CT molecular complexity index is 450. The second-order valence-corrected chi connectivity index (χ2v) is 4.94. The van der Waals surface area contributed by atoms with E-state index in [1.165, 1.54) is 0 Å². The number of carbonyl (C=O) groups is 2. The topological polar surface area (TPSA) is 109 Å². The zero-order valence-electron chi connectivity index (χ0n) is 12.0. The van der Waals surface area contributed by atoms with Crippen molar-refractivity contribution in [3.05, 3.63) is 5.70 Å². The Balaban J connectivity index is 2.86. The highest BCUT2D eigenvalue weighted by molar-refractivity contribution is 5.91. The maximum absolute atomic E-state index is 11.9. The van der Waals surface area contributed by atoms with Crippen LogP contribution in [-0.4, -0.2) is 46.8 Å². The summed E-state index contributed by atoms with van der Waals surface area (Å²) >= 11 is 0. The van der Waals surface area contributed by atoms with Crippen molar-refractivity contribution in [1.82, 2.24) is 15.4 Å². The molecule has 0 radical (unpaired) electrons. The predicted octanol–water partition coefficient (Wildman–Crippen LogP) is 0.542. The zero-order chi connectivity index (χ0) is 15.3. The van der Waals surface area contributed by atoms with Crippen LogP contribution < -0.4 is 11.3 Å². The van der Waals surface area contributed by atoms with E-state index >= 15 is 0 Å². The SMILES string of the molecule is CCON=C=C1CN(N)C(=O)N(C(=O)OC(C)(C)C)N1. The van der Waals surface area contributed by atoms with Gasteiger partial charge in [-0.2, -0.15) is 0 Å². The zero-order valence-corrected chi connectivity index (χ0v) is 12.0. The van der Waals surface area contributed by atoms with Crippen molar-refractivity contribution in [2.75, 3.05) is 13.2 Å². The average Bonchev–Trinajstić information content (AvgIpc) is 2.31. The van der Waals surface area contributed by atoms with Crippen LogP contribution in [0.2, 0.25) is 0 Å². The van der Waals surface area contributed by atoms with Crippen molar-refractivity contribution in [3.8, 4) is 0 Å². The minimum Gasteiger partial charge on any atom is -0.442 e. The molecule has 0 unspecified atom stereocenters. The minimum atomic E-state index is -0.867. The lowest BCUT2D eigenvalue weighted by Gasteiger charge is -2.33. The van der Waals surface area contributed by atoms with Gasteiger partial charge in [0.15, 0.2) is 0 Å². The fourth-order valence-electron chi connectivity index (χ4n) is 1.23. The van der Waals surface area contributed by atoms with E-state index in [0.29, 0.717) is 17.3 Å². The van der Waals surface area contributed by atoms with Gasteiger partial charge in [0.1, 0.15) is 17.9 Å². The van der Waals surface area contributed by atoms with Crippen molar-refractivity contribution < 1.29 is 19.2 Å². The number of hydrogen-bond acceptors (Lipinski definition) is 7. The summed E-state index contributed by atoms with van der Waals surface area (Å²) in [5, 5.41) is 5.01. The van der Waals surface area contributed by atoms with Crippen LogP contribution in [0.5, 0.6) is 0 Å². The molecule has 1 fully saturated rings. The fraction of sp³-hybridized carbons (Fsp3) is 0.636. The molecule has 0 saturated carbocycles. The molecule has 9 heteroatoms. The highest BCUT2D eigenvalue weighted by Crippen LogP contribution is 2.12. The fourth-order valence-corrected chi connectivity index (χ4v) is 1.23. The van der Waals surface area contributed by atoms with Crippen LogP contribution in [0.15, 0.2) is 10.9 Å². The van der Waals surface area contributed by atoms with Gasteiger partial charge in [0.2, 0.25) is 0 Å². The van der Waals surface area contributed by atoms with Gasteiger partial charge in [-0.05, 0) is 32.9 Å². The van der Waals surface area contributed by atoms with Crippen molar-refractivity contribution in [2.24, 2.45) is 11.0 Å². The summed E-state index contributed by atoms with van der Waals surface area (Å²) in [4.78, 5) is 28.4. The Labute approximate surface area is 116 Å². The number of imide groups is 1. The summed E-state index contributed by atoms with van der Waals surface area (Å²) < 4.78 is 5.09. The molecule has 9 nitrogen and oxygen atoms in total. The van der Waals surface area contributed by atoms with Crippen LogP contribution in [0.3, 0.4) is 0 Å². The molecule has 0 aromatic rings. The van der Waals surface area contributed by atoms with E-state index in [2.05, 4.69) is 16.5 Å². The quantitative estimate of drug-likeness (QED) is 0.332. The van der Waals surface area contributed by atoms with E-state index in [1.807, 2.05) is 0 Å². The Morgan fingerprint density at radius 2 is 2.20 bits per heavy atom. The summed E-state index contributed by atoms with van der Waals surface area (Å²) in [7, 11) is 0. The normalized spacial score (nSPS) is 15.4. The first-order valence-electron chi connectivity index (χ1n) is 6.04. The third-order valence-electron chi connectivity index (χ3n) is 1.96. The van der Waals surface area contributed by atoms with Crippen molar-refractivity contribution in [2.45, 2.75) is 33.3 Å². The number of urea groups is 1. The Morgan fingerprint density at radius 1 is 1.55 bits per heavy atom. The molecule has 3 N–H and O–H groups in total. The monoisotopic (exact) mass is 285 g/mol.